The molecule has 0 fully saturated rings. The van der Waals surface area contributed by atoms with Gasteiger partial charge in [-0.05, 0) is 17.7 Å². The van der Waals surface area contributed by atoms with Gasteiger partial charge in [-0.15, -0.1) is 0 Å². The Labute approximate surface area is 86.3 Å². The number of hydrogen-bond acceptors (Lipinski definition) is 2. The van der Waals surface area contributed by atoms with Gasteiger partial charge in [-0.25, -0.2) is 4.39 Å². The summed E-state index contributed by atoms with van der Waals surface area (Å²) >= 11 is 0. The predicted molar refractivity (Wildman–Crippen MR) is 53.3 cm³/mol. The molecule has 0 amide bonds. The molecule has 0 aliphatic carbocycles. The quantitative estimate of drug-likeness (QED) is 0.719. The van der Waals surface area contributed by atoms with Crippen LogP contribution in [0.15, 0.2) is 41.0 Å². The van der Waals surface area contributed by atoms with E-state index in [0.29, 0.717) is 29.6 Å². The fourth-order valence-electron chi connectivity index (χ4n) is 1.41. The van der Waals surface area contributed by atoms with Crippen LogP contribution in [0.25, 0.3) is 0 Å². The summed E-state index contributed by atoms with van der Waals surface area (Å²) in [6, 6.07) is 8.01. The van der Waals surface area contributed by atoms with Gasteiger partial charge in [-0.2, -0.15) is 0 Å². The second kappa shape index (κ2) is 4.09. The minimum atomic E-state index is -0.286. The summed E-state index contributed by atoms with van der Waals surface area (Å²) in [6.45, 7) is 0. The second-order valence-electron chi connectivity index (χ2n) is 3.19. The highest BCUT2D eigenvalue weighted by Gasteiger charge is 2.08. The molecule has 2 aromatic rings. The zero-order chi connectivity index (χ0) is 10.7. The van der Waals surface area contributed by atoms with Crippen molar-refractivity contribution in [2.75, 3.05) is 0 Å². The summed E-state index contributed by atoms with van der Waals surface area (Å²) in [7, 11) is 0. The molecule has 76 valence electrons. The lowest BCUT2D eigenvalue weighted by Gasteiger charge is -2.00. The molecule has 0 saturated carbocycles. The molecule has 1 aromatic carbocycles. The van der Waals surface area contributed by atoms with E-state index in [4.69, 9.17) is 4.42 Å². The number of rotatable bonds is 3. The van der Waals surface area contributed by atoms with Crippen molar-refractivity contribution in [3.63, 3.8) is 0 Å². The van der Waals surface area contributed by atoms with E-state index in [-0.39, 0.29) is 5.82 Å². The Balaban J connectivity index is 2.29. The van der Waals surface area contributed by atoms with Gasteiger partial charge in [0.1, 0.15) is 11.6 Å². The molecule has 1 aromatic heterocycles. The Morgan fingerprint density at radius 1 is 1.27 bits per heavy atom. The first-order valence-corrected chi connectivity index (χ1v) is 4.56. The number of carbonyl (C=O) groups excluding carboxylic acids is 1. The van der Waals surface area contributed by atoms with Gasteiger partial charge >= 0.3 is 0 Å². The Morgan fingerprint density at radius 2 is 2.07 bits per heavy atom. The third-order valence-electron chi connectivity index (χ3n) is 2.22. The van der Waals surface area contributed by atoms with E-state index in [1.54, 1.807) is 24.3 Å². The zero-order valence-corrected chi connectivity index (χ0v) is 7.94. The van der Waals surface area contributed by atoms with E-state index in [1.165, 1.54) is 12.3 Å². The third kappa shape index (κ3) is 1.96. The van der Waals surface area contributed by atoms with Crippen LogP contribution in [0.2, 0.25) is 0 Å². The van der Waals surface area contributed by atoms with E-state index >= 15 is 0 Å². The van der Waals surface area contributed by atoms with E-state index in [2.05, 4.69) is 0 Å². The fraction of sp³-hybridized carbons (Fsp3) is 0.0833. The molecule has 2 rings (SSSR count). The highest BCUT2D eigenvalue weighted by Crippen LogP contribution is 2.16. The van der Waals surface area contributed by atoms with Crippen LogP contribution in [0, 0.1) is 5.82 Å². The molecule has 0 aliphatic heterocycles. The molecule has 0 saturated heterocycles. The Bertz CT molecular complexity index is 474. The lowest BCUT2D eigenvalue weighted by molar-refractivity contribution is 0.112. The first-order chi connectivity index (χ1) is 7.31. The fourth-order valence-corrected chi connectivity index (χ4v) is 1.41. The molecule has 0 bridgehead atoms. The van der Waals surface area contributed by atoms with Gasteiger partial charge in [0.2, 0.25) is 0 Å². The number of aldehydes is 1. The topological polar surface area (TPSA) is 30.2 Å². The number of hydrogen-bond donors (Lipinski definition) is 0. The summed E-state index contributed by atoms with van der Waals surface area (Å²) in [5.41, 5.74) is 0.994. The Hall–Kier alpha value is -1.90. The largest absolute Gasteiger partial charge is 0.468 e. The maximum atomic E-state index is 13.3. The smallest absolute Gasteiger partial charge is 0.153 e. The average molecular weight is 204 g/mol. The van der Waals surface area contributed by atoms with E-state index < -0.39 is 0 Å². The summed E-state index contributed by atoms with van der Waals surface area (Å²) in [6.07, 6.45) is 2.44. The minimum absolute atomic E-state index is 0.286. The Kier molecular flexibility index (Phi) is 2.63. The maximum absolute atomic E-state index is 13.3. The molecular weight excluding hydrogens is 195 g/mol. The van der Waals surface area contributed by atoms with Crippen molar-refractivity contribution in [3.8, 4) is 0 Å². The highest BCUT2D eigenvalue weighted by molar-refractivity contribution is 5.76. The van der Waals surface area contributed by atoms with Crippen molar-refractivity contribution in [1.29, 1.82) is 0 Å². The normalized spacial score (nSPS) is 10.2. The van der Waals surface area contributed by atoms with Gasteiger partial charge in [0.15, 0.2) is 6.29 Å². The number of carbonyl (C=O) groups is 1. The SMILES string of the molecule is O=Cc1ccoc1Cc1ccccc1F. The van der Waals surface area contributed by atoms with Crippen LogP contribution in [0.5, 0.6) is 0 Å². The molecule has 2 nitrogen and oxygen atoms in total. The molecule has 0 N–H and O–H groups in total. The van der Waals surface area contributed by atoms with Crippen LogP contribution in [0.1, 0.15) is 21.7 Å². The second-order valence-corrected chi connectivity index (χ2v) is 3.19. The molecule has 0 spiro atoms. The van der Waals surface area contributed by atoms with Crippen LogP contribution in [0.3, 0.4) is 0 Å². The van der Waals surface area contributed by atoms with Crippen molar-refractivity contribution < 1.29 is 13.6 Å². The molecule has 3 heteroatoms. The van der Waals surface area contributed by atoms with Gasteiger partial charge in [0.25, 0.3) is 0 Å². The summed E-state index contributed by atoms with van der Waals surface area (Å²) in [5.74, 6) is 0.209. The third-order valence-corrected chi connectivity index (χ3v) is 2.22. The maximum Gasteiger partial charge on any atom is 0.153 e. The summed E-state index contributed by atoms with van der Waals surface area (Å²) in [5, 5.41) is 0. The van der Waals surface area contributed by atoms with Crippen LogP contribution < -0.4 is 0 Å². The van der Waals surface area contributed by atoms with Crippen molar-refractivity contribution in [1.82, 2.24) is 0 Å². The van der Waals surface area contributed by atoms with Crippen molar-refractivity contribution >= 4 is 6.29 Å². The van der Waals surface area contributed by atoms with Gasteiger partial charge in [0.05, 0.1) is 11.8 Å². The standard InChI is InChI=1S/C12H9FO2/c13-11-4-2-1-3-9(11)7-12-10(8-14)5-6-15-12/h1-6,8H,7H2. The van der Waals surface area contributed by atoms with E-state index in [9.17, 15) is 9.18 Å². The van der Waals surface area contributed by atoms with Gasteiger partial charge in [0, 0.05) is 6.42 Å². The minimum Gasteiger partial charge on any atom is -0.468 e. The monoisotopic (exact) mass is 204 g/mol. The van der Waals surface area contributed by atoms with Crippen molar-refractivity contribution in [2.24, 2.45) is 0 Å². The summed E-state index contributed by atoms with van der Waals surface area (Å²) < 4.78 is 18.4. The lowest BCUT2D eigenvalue weighted by atomic mass is 10.1. The average Bonchev–Trinajstić information content (AvgIpc) is 2.69. The molecule has 15 heavy (non-hydrogen) atoms. The first kappa shape index (κ1) is 9.65. The highest BCUT2D eigenvalue weighted by atomic mass is 19.1. The first-order valence-electron chi connectivity index (χ1n) is 4.56. The number of benzene rings is 1. The van der Waals surface area contributed by atoms with Gasteiger partial charge in [-0.3, -0.25) is 4.79 Å². The molecule has 0 radical (unpaired) electrons. The summed E-state index contributed by atoms with van der Waals surface area (Å²) in [4.78, 5) is 10.6. The zero-order valence-electron chi connectivity index (χ0n) is 7.94. The Morgan fingerprint density at radius 3 is 2.80 bits per heavy atom. The van der Waals surface area contributed by atoms with E-state index in [1.807, 2.05) is 0 Å². The number of furan rings is 1. The van der Waals surface area contributed by atoms with Crippen molar-refractivity contribution in [3.05, 3.63) is 59.3 Å². The van der Waals surface area contributed by atoms with Gasteiger partial charge in [-0.1, -0.05) is 18.2 Å². The predicted octanol–water partition coefficient (Wildman–Crippen LogP) is 2.82. The van der Waals surface area contributed by atoms with Crippen LogP contribution >= 0.6 is 0 Å². The molecule has 0 unspecified atom stereocenters. The van der Waals surface area contributed by atoms with Crippen LogP contribution in [0.4, 0.5) is 4.39 Å². The molecule has 0 aliphatic rings. The molecular formula is C12H9FO2. The van der Waals surface area contributed by atoms with E-state index in [0.717, 1.165) is 0 Å². The molecule has 0 atom stereocenters. The van der Waals surface area contributed by atoms with Crippen molar-refractivity contribution in [2.45, 2.75) is 6.42 Å². The lowest BCUT2D eigenvalue weighted by Crippen LogP contribution is -1.93. The number of halogens is 1. The van der Waals surface area contributed by atoms with Crippen LogP contribution in [-0.2, 0) is 6.42 Å². The van der Waals surface area contributed by atoms with Gasteiger partial charge < -0.3 is 4.42 Å². The van der Waals surface area contributed by atoms with Crippen LogP contribution in [-0.4, -0.2) is 6.29 Å². The molecule has 1 heterocycles.